The predicted molar refractivity (Wildman–Crippen MR) is 78.3 cm³/mol. The van der Waals surface area contributed by atoms with E-state index in [0.717, 1.165) is 0 Å². The number of halogens is 1. The van der Waals surface area contributed by atoms with Crippen molar-refractivity contribution in [3.05, 3.63) is 35.9 Å². The van der Waals surface area contributed by atoms with E-state index in [2.05, 4.69) is 43.7 Å². The van der Waals surface area contributed by atoms with Crippen LogP contribution in [0.15, 0.2) is 30.3 Å². The second-order valence-corrected chi connectivity index (χ2v) is 7.87. The molecule has 0 spiro atoms. The van der Waals surface area contributed by atoms with Crippen LogP contribution in [0.2, 0.25) is 0 Å². The lowest BCUT2D eigenvalue weighted by molar-refractivity contribution is -0.00000351. The van der Waals surface area contributed by atoms with Crippen molar-refractivity contribution >= 4 is 7.92 Å². The van der Waals surface area contributed by atoms with Gasteiger partial charge in [0.05, 0.1) is 6.16 Å². The van der Waals surface area contributed by atoms with Gasteiger partial charge in [-0.25, -0.2) is 0 Å². The van der Waals surface area contributed by atoms with Crippen molar-refractivity contribution in [1.82, 2.24) is 0 Å². The van der Waals surface area contributed by atoms with Gasteiger partial charge in [0.2, 0.25) is 0 Å². The van der Waals surface area contributed by atoms with E-state index >= 15 is 0 Å². The molecular weight excluding hydrogens is 291 g/mol. The van der Waals surface area contributed by atoms with Crippen LogP contribution in [0.1, 0.15) is 37.7 Å². The van der Waals surface area contributed by atoms with Crippen molar-refractivity contribution in [3.63, 3.8) is 0 Å². The van der Waals surface area contributed by atoms with Crippen LogP contribution < -0.4 is 17.0 Å². The summed E-state index contributed by atoms with van der Waals surface area (Å²) >= 11 is 0. The molecule has 0 saturated heterocycles. The lowest BCUT2D eigenvalue weighted by atomic mass is 10.1. The number of rotatable bonds is 8. The van der Waals surface area contributed by atoms with E-state index in [9.17, 15) is 0 Å². The van der Waals surface area contributed by atoms with Gasteiger partial charge in [-0.2, -0.15) is 0 Å². The summed E-state index contributed by atoms with van der Waals surface area (Å²) in [6.07, 6.45) is 9.88. The van der Waals surface area contributed by atoms with Crippen LogP contribution in [0.5, 0.6) is 0 Å². The van der Waals surface area contributed by atoms with Crippen LogP contribution in [0.25, 0.3) is 0 Å². The van der Waals surface area contributed by atoms with Crippen LogP contribution in [0.4, 0.5) is 0 Å². The molecule has 0 radical (unpaired) electrons. The van der Waals surface area contributed by atoms with E-state index in [0.29, 0.717) is 0 Å². The molecule has 0 saturated carbocycles. The first-order valence-electron chi connectivity index (χ1n) is 6.62. The molecule has 1 rings (SSSR count). The largest absolute Gasteiger partial charge is 1.00 e. The van der Waals surface area contributed by atoms with Crippen molar-refractivity contribution in [3.8, 4) is 0 Å². The van der Waals surface area contributed by atoms with Crippen molar-refractivity contribution < 1.29 is 17.0 Å². The van der Waals surface area contributed by atoms with Crippen molar-refractivity contribution in [1.29, 1.82) is 0 Å². The average molecular weight is 317 g/mol. The molecule has 0 bridgehead atoms. The topological polar surface area (TPSA) is 0 Å². The molecule has 0 heterocycles. The van der Waals surface area contributed by atoms with E-state index < -0.39 is 0 Å². The summed E-state index contributed by atoms with van der Waals surface area (Å²) < 4.78 is 0. The highest BCUT2D eigenvalue weighted by Crippen LogP contribution is 2.26. The second-order valence-electron chi connectivity index (χ2n) is 4.96. The standard InChI is InChI=1S/C15H25P.BrH/c1-16(2)14-10-5-3-4-7-11-15-12-8-6-9-13-15;/h6,8-9,12-13H,3-5,7,10-11,14H2,1-2H3;1H. The minimum Gasteiger partial charge on any atom is -1.00 e. The molecule has 0 aliphatic heterocycles. The van der Waals surface area contributed by atoms with Gasteiger partial charge in [0, 0.05) is 13.3 Å². The Bertz CT molecular complexity index is 259. The third-order valence-corrected chi connectivity index (χ3v) is 4.34. The SMILES string of the molecule is C[PH+](C)CCCCCCCc1ccccc1.[Br-]. The van der Waals surface area contributed by atoms with Crippen LogP contribution >= 0.6 is 7.92 Å². The second kappa shape index (κ2) is 11.2. The van der Waals surface area contributed by atoms with Crippen molar-refractivity contribution in [2.24, 2.45) is 0 Å². The molecule has 0 N–H and O–H groups in total. The highest BCUT2D eigenvalue weighted by atomic mass is 79.9. The van der Waals surface area contributed by atoms with E-state index in [1.807, 2.05) is 0 Å². The average Bonchev–Trinajstić information content (AvgIpc) is 2.29. The third-order valence-electron chi connectivity index (χ3n) is 2.99. The number of hydrogen-bond acceptors (Lipinski definition) is 0. The molecule has 1 aromatic carbocycles. The number of unbranched alkanes of at least 4 members (excludes halogenated alkanes) is 4. The quantitative estimate of drug-likeness (QED) is 0.505. The molecule has 0 aromatic heterocycles. The van der Waals surface area contributed by atoms with Gasteiger partial charge < -0.3 is 17.0 Å². The van der Waals surface area contributed by atoms with E-state index in [1.54, 1.807) is 0 Å². The zero-order chi connectivity index (χ0) is 11.6. The van der Waals surface area contributed by atoms with E-state index in [-0.39, 0.29) is 24.9 Å². The molecular formula is C15H26BrP. The Morgan fingerprint density at radius 3 is 2.06 bits per heavy atom. The molecule has 2 heteroatoms. The molecule has 98 valence electrons. The minimum absolute atomic E-state index is 0. The summed E-state index contributed by atoms with van der Waals surface area (Å²) in [6.45, 7) is 4.83. The van der Waals surface area contributed by atoms with Gasteiger partial charge in [-0.3, -0.25) is 0 Å². The van der Waals surface area contributed by atoms with Gasteiger partial charge in [0.1, 0.15) is 0 Å². The van der Waals surface area contributed by atoms with Gasteiger partial charge in [-0.05, 0) is 39.2 Å². The number of aryl methyl sites for hydroxylation is 1. The fourth-order valence-corrected chi connectivity index (χ4v) is 2.94. The first kappa shape index (κ1) is 17.1. The normalized spacial score (nSPS) is 10.3. The van der Waals surface area contributed by atoms with Crippen LogP contribution in [0, 0.1) is 0 Å². The van der Waals surface area contributed by atoms with E-state index in [1.165, 1.54) is 50.3 Å². The summed E-state index contributed by atoms with van der Waals surface area (Å²) in [5.41, 5.74) is 1.50. The van der Waals surface area contributed by atoms with Gasteiger partial charge in [-0.15, -0.1) is 0 Å². The maximum absolute atomic E-state index is 2.42. The maximum atomic E-state index is 2.42. The smallest absolute Gasteiger partial charge is 0.0566 e. The molecule has 0 amide bonds. The molecule has 1 aromatic rings. The van der Waals surface area contributed by atoms with Crippen LogP contribution in [-0.4, -0.2) is 19.5 Å². The summed E-state index contributed by atoms with van der Waals surface area (Å²) in [5.74, 6) is 0. The molecule has 0 nitrogen and oxygen atoms in total. The summed E-state index contributed by atoms with van der Waals surface area (Å²) in [4.78, 5) is 0. The molecule has 17 heavy (non-hydrogen) atoms. The molecule has 0 aliphatic carbocycles. The number of benzene rings is 1. The fraction of sp³-hybridized carbons (Fsp3) is 0.600. The Morgan fingerprint density at radius 2 is 1.41 bits per heavy atom. The monoisotopic (exact) mass is 316 g/mol. The first-order chi connectivity index (χ1) is 7.79. The minimum atomic E-state index is 0. The van der Waals surface area contributed by atoms with Crippen molar-refractivity contribution in [2.75, 3.05) is 19.5 Å². The third kappa shape index (κ3) is 9.80. The molecule has 0 atom stereocenters. The van der Waals surface area contributed by atoms with E-state index in [4.69, 9.17) is 0 Å². The molecule has 0 aliphatic rings. The maximum Gasteiger partial charge on any atom is 0.0566 e. The van der Waals surface area contributed by atoms with Gasteiger partial charge in [0.15, 0.2) is 0 Å². The highest BCUT2D eigenvalue weighted by Gasteiger charge is 1.99. The zero-order valence-corrected chi connectivity index (χ0v) is 13.8. The Labute approximate surface area is 119 Å². The summed E-state index contributed by atoms with van der Waals surface area (Å²) in [7, 11) is 0.0303. The highest BCUT2D eigenvalue weighted by molar-refractivity contribution is 7.55. The van der Waals surface area contributed by atoms with Gasteiger partial charge >= 0.3 is 0 Å². The summed E-state index contributed by atoms with van der Waals surface area (Å²) in [6, 6.07) is 10.9. The Balaban J connectivity index is 0.00000256. The zero-order valence-electron chi connectivity index (χ0n) is 11.2. The van der Waals surface area contributed by atoms with Crippen LogP contribution in [-0.2, 0) is 6.42 Å². The van der Waals surface area contributed by atoms with Gasteiger partial charge in [-0.1, -0.05) is 43.2 Å². The Hall–Kier alpha value is 0.130. The Morgan fingerprint density at radius 1 is 0.824 bits per heavy atom. The summed E-state index contributed by atoms with van der Waals surface area (Å²) in [5, 5.41) is 0. The number of hydrogen-bond donors (Lipinski definition) is 0. The molecule has 0 unspecified atom stereocenters. The fourth-order valence-electron chi connectivity index (χ4n) is 1.98. The first-order valence-corrected chi connectivity index (χ1v) is 9.32. The Kier molecular flexibility index (Phi) is 11.3. The van der Waals surface area contributed by atoms with Crippen LogP contribution in [0.3, 0.4) is 0 Å². The molecule has 0 fully saturated rings. The predicted octanol–water partition coefficient (Wildman–Crippen LogP) is 1.66. The lowest BCUT2D eigenvalue weighted by Crippen LogP contribution is -3.00. The van der Waals surface area contributed by atoms with Crippen molar-refractivity contribution in [2.45, 2.75) is 38.5 Å². The lowest BCUT2D eigenvalue weighted by Gasteiger charge is -2.02. The van der Waals surface area contributed by atoms with Gasteiger partial charge in [0.25, 0.3) is 0 Å².